The summed E-state index contributed by atoms with van der Waals surface area (Å²) in [5.74, 6) is 0.844. The molecule has 1 amide bonds. The fourth-order valence-electron chi connectivity index (χ4n) is 2.49. The number of hydrogen-bond donors (Lipinski definition) is 1. The summed E-state index contributed by atoms with van der Waals surface area (Å²) < 4.78 is 10.7. The van der Waals surface area contributed by atoms with Gasteiger partial charge in [-0.15, -0.1) is 11.3 Å². The molecule has 154 valence electrons. The molecule has 0 fully saturated rings. The summed E-state index contributed by atoms with van der Waals surface area (Å²) in [5.41, 5.74) is 3.27. The Hall–Kier alpha value is -3.79. The van der Waals surface area contributed by atoms with Gasteiger partial charge in [-0.1, -0.05) is 0 Å². The maximum atomic E-state index is 11.9. The Labute approximate surface area is 176 Å². The molecule has 0 aliphatic rings. The molecule has 30 heavy (non-hydrogen) atoms. The van der Waals surface area contributed by atoms with Gasteiger partial charge in [-0.05, 0) is 43.3 Å². The van der Waals surface area contributed by atoms with Crippen LogP contribution in [0.4, 0.5) is 5.69 Å². The van der Waals surface area contributed by atoms with Crippen LogP contribution < -0.4 is 14.9 Å². The summed E-state index contributed by atoms with van der Waals surface area (Å²) in [4.78, 5) is 27.0. The average Bonchev–Trinajstić information content (AvgIpc) is 3.13. The van der Waals surface area contributed by atoms with Crippen LogP contribution in [0, 0.1) is 17.0 Å². The van der Waals surface area contributed by atoms with Crippen LogP contribution >= 0.6 is 11.3 Å². The molecular weight excluding hydrogens is 408 g/mol. The molecule has 1 aromatic heterocycles. The van der Waals surface area contributed by atoms with Crippen LogP contribution in [0.25, 0.3) is 0 Å². The minimum Gasteiger partial charge on any atom is -0.497 e. The number of ether oxygens (including phenoxy) is 2. The Morgan fingerprint density at radius 1 is 1.27 bits per heavy atom. The summed E-state index contributed by atoms with van der Waals surface area (Å²) >= 11 is 1.46. The van der Waals surface area contributed by atoms with Crippen LogP contribution in [0.2, 0.25) is 0 Å². The number of hydrogen-bond acceptors (Lipinski definition) is 8. The van der Waals surface area contributed by atoms with E-state index in [1.807, 2.05) is 12.3 Å². The van der Waals surface area contributed by atoms with Gasteiger partial charge in [0.25, 0.3) is 0 Å². The van der Waals surface area contributed by atoms with Crippen molar-refractivity contribution in [2.75, 3.05) is 7.11 Å². The van der Waals surface area contributed by atoms with E-state index in [1.54, 1.807) is 37.4 Å². The Balaban J connectivity index is 1.67. The highest BCUT2D eigenvalue weighted by atomic mass is 32.1. The van der Waals surface area contributed by atoms with E-state index in [0.717, 1.165) is 5.01 Å². The second-order valence-corrected chi connectivity index (χ2v) is 7.15. The molecule has 0 unspecified atom stereocenters. The highest BCUT2D eigenvalue weighted by Gasteiger charge is 2.16. The molecular formula is C20H18N4O5S. The minimum atomic E-state index is -0.542. The fourth-order valence-corrected chi connectivity index (χ4v) is 3.10. The van der Waals surface area contributed by atoms with Gasteiger partial charge in [-0.3, -0.25) is 14.9 Å². The second kappa shape index (κ2) is 9.61. The molecule has 1 heterocycles. The largest absolute Gasteiger partial charge is 0.497 e. The van der Waals surface area contributed by atoms with Crippen molar-refractivity contribution >= 4 is 29.1 Å². The van der Waals surface area contributed by atoms with E-state index < -0.39 is 4.92 Å². The van der Waals surface area contributed by atoms with Gasteiger partial charge in [0, 0.05) is 17.0 Å². The molecule has 0 saturated heterocycles. The first kappa shape index (κ1) is 20.9. The zero-order valence-corrected chi connectivity index (χ0v) is 17.0. The van der Waals surface area contributed by atoms with Crippen LogP contribution in [0.5, 0.6) is 17.2 Å². The molecule has 3 aromatic rings. The molecule has 0 atom stereocenters. The van der Waals surface area contributed by atoms with E-state index in [-0.39, 0.29) is 23.8 Å². The number of amides is 1. The number of benzene rings is 2. The number of carbonyl (C=O) groups is 1. The van der Waals surface area contributed by atoms with E-state index >= 15 is 0 Å². The Bertz CT molecular complexity index is 1080. The van der Waals surface area contributed by atoms with Gasteiger partial charge < -0.3 is 9.47 Å². The SMILES string of the molecule is COc1ccc(Oc2ccc(/C=N/NC(=O)Cc3csc(C)n3)cc2[N+](=O)[O-])cc1. The van der Waals surface area contributed by atoms with Crippen LogP contribution in [0.15, 0.2) is 52.9 Å². The van der Waals surface area contributed by atoms with E-state index in [2.05, 4.69) is 15.5 Å². The quantitative estimate of drug-likeness (QED) is 0.332. The third-order valence-corrected chi connectivity index (χ3v) is 4.70. The number of aromatic nitrogens is 1. The molecule has 3 rings (SSSR count). The number of hydrazone groups is 1. The van der Waals surface area contributed by atoms with Crippen molar-refractivity contribution in [2.45, 2.75) is 13.3 Å². The van der Waals surface area contributed by atoms with Gasteiger partial charge in [-0.25, -0.2) is 10.4 Å². The number of rotatable bonds is 8. The molecule has 9 nitrogen and oxygen atoms in total. The molecule has 2 aromatic carbocycles. The summed E-state index contributed by atoms with van der Waals surface area (Å²) in [6.45, 7) is 1.86. The van der Waals surface area contributed by atoms with Crippen molar-refractivity contribution in [3.05, 3.63) is 74.2 Å². The predicted molar refractivity (Wildman–Crippen MR) is 112 cm³/mol. The number of thiazole rings is 1. The van der Waals surface area contributed by atoms with E-state index in [4.69, 9.17) is 9.47 Å². The summed E-state index contributed by atoms with van der Waals surface area (Å²) in [6, 6.07) is 11.1. The smallest absolute Gasteiger partial charge is 0.312 e. The highest BCUT2D eigenvalue weighted by molar-refractivity contribution is 7.09. The van der Waals surface area contributed by atoms with Crippen LogP contribution in [-0.2, 0) is 11.2 Å². The van der Waals surface area contributed by atoms with E-state index in [0.29, 0.717) is 22.8 Å². The first-order chi connectivity index (χ1) is 14.4. The monoisotopic (exact) mass is 426 g/mol. The lowest BCUT2D eigenvalue weighted by atomic mass is 10.2. The van der Waals surface area contributed by atoms with Crippen molar-refractivity contribution < 1.29 is 19.2 Å². The zero-order chi connectivity index (χ0) is 21.5. The number of aryl methyl sites for hydroxylation is 1. The molecule has 0 aliphatic carbocycles. The van der Waals surface area contributed by atoms with Crippen molar-refractivity contribution in [3.63, 3.8) is 0 Å². The Morgan fingerprint density at radius 2 is 2.00 bits per heavy atom. The average molecular weight is 426 g/mol. The predicted octanol–water partition coefficient (Wildman–Crippen LogP) is 3.85. The summed E-state index contributed by atoms with van der Waals surface area (Å²) in [7, 11) is 1.55. The van der Waals surface area contributed by atoms with Gasteiger partial charge in [0.15, 0.2) is 0 Å². The van der Waals surface area contributed by atoms with Crippen LogP contribution in [-0.4, -0.2) is 29.1 Å². The molecule has 0 spiro atoms. The van der Waals surface area contributed by atoms with Crippen molar-refractivity contribution in [1.29, 1.82) is 0 Å². The van der Waals surface area contributed by atoms with E-state index in [9.17, 15) is 14.9 Å². The van der Waals surface area contributed by atoms with Gasteiger partial charge in [0.05, 0.1) is 35.4 Å². The fraction of sp³-hybridized carbons (Fsp3) is 0.150. The lowest BCUT2D eigenvalue weighted by Crippen LogP contribution is -2.19. The van der Waals surface area contributed by atoms with Gasteiger partial charge >= 0.3 is 5.69 Å². The van der Waals surface area contributed by atoms with Gasteiger partial charge in [0.1, 0.15) is 11.5 Å². The zero-order valence-electron chi connectivity index (χ0n) is 16.2. The highest BCUT2D eigenvalue weighted by Crippen LogP contribution is 2.32. The number of nitro groups is 1. The van der Waals surface area contributed by atoms with Crippen molar-refractivity contribution in [3.8, 4) is 17.2 Å². The topological polar surface area (TPSA) is 116 Å². The van der Waals surface area contributed by atoms with Gasteiger partial charge in [0.2, 0.25) is 11.7 Å². The minimum absolute atomic E-state index is 0.0882. The van der Waals surface area contributed by atoms with Crippen molar-refractivity contribution in [1.82, 2.24) is 10.4 Å². The molecule has 0 saturated carbocycles. The summed E-state index contributed by atoms with van der Waals surface area (Å²) in [5, 5.41) is 18.0. The van der Waals surface area contributed by atoms with Crippen molar-refractivity contribution in [2.24, 2.45) is 5.10 Å². The number of methoxy groups -OCH3 is 1. The Morgan fingerprint density at radius 3 is 2.63 bits per heavy atom. The third kappa shape index (κ3) is 5.61. The number of carbonyl (C=O) groups excluding carboxylic acids is 1. The second-order valence-electron chi connectivity index (χ2n) is 6.09. The molecule has 0 aliphatic heterocycles. The molecule has 1 N–H and O–H groups in total. The molecule has 10 heteroatoms. The van der Waals surface area contributed by atoms with Gasteiger partial charge in [-0.2, -0.15) is 5.10 Å². The molecule has 0 bridgehead atoms. The lowest BCUT2D eigenvalue weighted by Gasteiger charge is -2.07. The maximum Gasteiger partial charge on any atom is 0.312 e. The number of nitro benzene ring substituents is 1. The van der Waals surface area contributed by atoms with Crippen LogP contribution in [0.3, 0.4) is 0 Å². The summed E-state index contributed by atoms with van der Waals surface area (Å²) in [6.07, 6.45) is 1.44. The lowest BCUT2D eigenvalue weighted by molar-refractivity contribution is -0.385. The molecule has 0 radical (unpaired) electrons. The first-order valence-electron chi connectivity index (χ1n) is 8.78. The standard InChI is InChI=1S/C20H18N4O5S/c1-13-22-15(12-30-13)10-20(25)23-21-11-14-3-8-19(18(9-14)24(26)27)29-17-6-4-16(28-2)5-7-17/h3-9,11-12H,10H2,1-2H3,(H,23,25)/b21-11+. The number of nitrogens with zero attached hydrogens (tertiary/aromatic N) is 3. The van der Waals surface area contributed by atoms with Crippen LogP contribution in [0.1, 0.15) is 16.3 Å². The normalized spacial score (nSPS) is 10.7. The Kier molecular flexibility index (Phi) is 6.71. The van der Waals surface area contributed by atoms with E-state index in [1.165, 1.54) is 29.7 Å². The third-order valence-electron chi connectivity index (χ3n) is 3.88. The first-order valence-corrected chi connectivity index (χ1v) is 9.66. The maximum absolute atomic E-state index is 11.9. The number of nitrogens with one attached hydrogen (secondary N) is 1.